The van der Waals surface area contributed by atoms with Gasteiger partial charge in [-0.05, 0) is 12.1 Å². The van der Waals surface area contributed by atoms with Crippen LogP contribution in [0.15, 0.2) is 28.7 Å². The van der Waals surface area contributed by atoms with E-state index in [9.17, 15) is 0 Å². The second-order valence-corrected chi connectivity index (χ2v) is 3.17. The molecule has 0 saturated carbocycles. The molecule has 0 aliphatic heterocycles. The summed E-state index contributed by atoms with van der Waals surface area (Å²) in [5.41, 5.74) is 1.82. The zero-order valence-corrected chi connectivity index (χ0v) is 9.24. The van der Waals surface area contributed by atoms with Gasteiger partial charge in [0, 0.05) is 5.92 Å². The molecule has 0 amide bonds. The zero-order chi connectivity index (χ0) is 10.6. The van der Waals surface area contributed by atoms with E-state index in [1.54, 1.807) is 0 Å². The first-order chi connectivity index (χ1) is 6.77. The van der Waals surface area contributed by atoms with Gasteiger partial charge in [0.05, 0.1) is 0 Å². The third-order valence-corrected chi connectivity index (χ3v) is 1.80. The molecular formula is C12H17NO. The lowest BCUT2D eigenvalue weighted by Crippen LogP contribution is -1.84. The van der Waals surface area contributed by atoms with Crippen molar-refractivity contribution in [3.63, 3.8) is 0 Å². The van der Waals surface area contributed by atoms with E-state index < -0.39 is 0 Å². The highest BCUT2D eigenvalue weighted by Crippen LogP contribution is 2.19. The van der Waals surface area contributed by atoms with Crippen molar-refractivity contribution in [1.82, 2.24) is 4.98 Å². The van der Waals surface area contributed by atoms with Crippen LogP contribution in [0.25, 0.3) is 11.1 Å². The minimum absolute atomic E-state index is 0.359. The van der Waals surface area contributed by atoms with Crippen molar-refractivity contribution < 1.29 is 4.42 Å². The van der Waals surface area contributed by atoms with E-state index in [2.05, 4.69) is 18.8 Å². The summed E-state index contributed by atoms with van der Waals surface area (Å²) in [6.45, 7) is 8.15. The number of benzene rings is 1. The fourth-order valence-electron chi connectivity index (χ4n) is 1.14. The largest absolute Gasteiger partial charge is 0.440 e. The van der Waals surface area contributed by atoms with E-state index in [1.165, 1.54) is 0 Å². The molecule has 14 heavy (non-hydrogen) atoms. The first-order valence-electron chi connectivity index (χ1n) is 5.13. The van der Waals surface area contributed by atoms with E-state index in [0.717, 1.165) is 17.0 Å². The van der Waals surface area contributed by atoms with Gasteiger partial charge in [0.1, 0.15) is 5.52 Å². The van der Waals surface area contributed by atoms with Crippen LogP contribution in [0.1, 0.15) is 39.5 Å². The van der Waals surface area contributed by atoms with Crippen LogP contribution < -0.4 is 0 Å². The van der Waals surface area contributed by atoms with E-state index in [1.807, 2.05) is 38.1 Å². The van der Waals surface area contributed by atoms with Gasteiger partial charge in [0.2, 0.25) is 0 Å². The van der Waals surface area contributed by atoms with Crippen LogP contribution in [0, 0.1) is 0 Å². The van der Waals surface area contributed by atoms with E-state index in [-0.39, 0.29) is 0 Å². The molecule has 0 N–H and O–H groups in total. The molecule has 0 radical (unpaired) electrons. The smallest absolute Gasteiger partial charge is 0.198 e. The first kappa shape index (κ1) is 10.8. The Morgan fingerprint density at radius 1 is 1.14 bits per heavy atom. The minimum Gasteiger partial charge on any atom is -0.440 e. The van der Waals surface area contributed by atoms with Crippen LogP contribution in [0.3, 0.4) is 0 Å². The van der Waals surface area contributed by atoms with Crippen molar-refractivity contribution >= 4 is 11.1 Å². The van der Waals surface area contributed by atoms with Crippen molar-refractivity contribution in [2.75, 3.05) is 0 Å². The third-order valence-electron chi connectivity index (χ3n) is 1.80. The number of hydrogen-bond donors (Lipinski definition) is 0. The van der Waals surface area contributed by atoms with Gasteiger partial charge in [0.15, 0.2) is 11.5 Å². The molecule has 1 heterocycles. The van der Waals surface area contributed by atoms with E-state index in [4.69, 9.17) is 4.42 Å². The summed E-state index contributed by atoms with van der Waals surface area (Å²) in [5.74, 6) is 1.17. The zero-order valence-electron chi connectivity index (χ0n) is 9.24. The molecule has 2 rings (SSSR count). The van der Waals surface area contributed by atoms with Gasteiger partial charge >= 0.3 is 0 Å². The summed E-state index contributed by atoms with van der Waals surface area (Å²) < 4.78 is 5.52. The molecule has 1 aromatic heterocycles. The van der Waals surface area contributed by atoms with Gasteiger partial charge in [-0.2, -0.15) is 0 Å². The molecule has 76 valence electrons. The van der Waals surface area contributed by atoms with E-state index >= 15 is 0 Å². The van der Waals surface area contributed by atoms with Crippen LogP contribution in [-0.2, 0) is 0 Å². The number of rotatable bonds is 1. The SMILES string of the molecule is CC.CC(C)c1nc2ccccc2o1. The van der Waals surface area contributed by atoms with Crippen LogP contribution in [0.5, 0.6) is 0 Å². The third kappa shape index (κ3) is 2.13. The van der Waals surface area contributed by atoms with Crippen molar-refractivity contribution in [2.45, 2.75) is 33.6 Å². The fraction of sp³-hybridized carbons (Fsp3) is 0.417. The highest BCUT2D eigenvalue weighted by Gasteiger charge is 2.07. The summed E-state index contributed by atoms with van der Waals surface area (Å²) >= 11 is 0. The molecule has 1 aromatic carbocycles. The predicted molar refractivity (Wildman–Crippen MR) is 59.4 cm³/mol. The minimum atomic E-state index is 0.359. The molecule has 2 nitrogen and oxygen atoms in total. The molecular weight excluding hydrogens is 174 g/mol. The highest BCUT2D eigenvalue weighted by molar-refractivity contribution is 5.72. The fourth-order valence-corrected chi connectivity index (χ4v) is 1.14. The number of para-hydroxylation sites is 2. The normalized spacial score (nSPS) is 10.1. The highest BCUT2D eigenvalue weighted by atomic mass is 16.3. The van der Waals surface area contributed by atoms with Crippen molar-refractivity contribution in [1.29, 1.82) is 0 Å². The molecule has 0 aliphatic rings. The van der Waals surface area contributed by atoms with Crippen molar-refractivity contribution in [3.05, 3.63) is 30.2 Å². The number of hydrogen-bond acceptors (Lipinski definition) is 2. The van der Waals surface area contributed by atoms with Crippen molar-refractivity contribution in [3.8, 4) is 0 Å². The van der Waals surface area contributed by atoms with Gasteiger partial charge in [0.25, 0.3) is 0 Å². The van der Waals surface area contributed by atoms with Crippen LogP contribution in [0.4, 0.5) is 0 Å². The Kier molecular flexibility index (Phi) is 3.69. The second kappa shape index (κ2) is 4.80. The molecule has 2 aromatic rings. The molecule has 0 atom stereocenters. The first-order valence-corrected chi connectivity index (χ1v) is 5.13. The monoisotopic (exact) mass is 191 g/mol. The quantitative estimate of drug-likeness (QED) is 0.681. The summed E-state index contributed by atoms with van der Waals surface area (Å²) in [6.07, 6.45) is 0. The Balaban J connectivity index is 0.000000461. The molecule has 0 saturated heterocycles. The Bertz CT molecular complexity index is 357. The Morgan fingerprint density at radius 2 is 1.79 bits per heavy atom. The summed E-state index contributed by atoms with van der Waals surface area (Å²) in [5, 5.41) is 0. The number of nitrogens with zero attached hydrogens (tertiary/aromatic N) is 1. The van der Waals surface area contributed by atoms with Gasteiger partial charge < -0.3 is 4.42 Å². The lowest BCUT2D eigenvalue weighted by molar-refractivity contribution is 0.501. The molecule has 0 unspecified atom stereocenters. The van der Waals surface area contributed by atoms with Gasteiger partial charge in [-0.3, -0.25) is 0 Å². The maximum Gasteiger partial charge on any atom is 0.198 e. The van der Waals surface area contributed by atoms with Crippen LogP contribution >= 0.6 is 0 Å². The van der Waals surface area contributed by atoms with Gasteiger partial charge in [-0.1, -0.05) is 39.8 Å². The molecule has 0 spiro atoms. The second-order valence-electron chi connectivity index (χ2n) is 3.17. The average Bonchev–Trinajstić information content (AvgIpc) is 2.64. The number of aromatic nitrogens is 1. The summed E-state index contributed by atoms with van der Waals surface area (Å²) in [4.78, 5) is 4.35. The number of oxazole rings is 1. The lowest BCUT2D eigenvalue weighted by atomic mass is 10.2. The Morgan fingerprint density at radius 3 is 2.36 bits per heavy atom. The van der Waals surface area contributed by atoms with Crippen LogP contribution in [-0.4, -0.2) is 4.98 Å². The topological polar surface area (TPSA) is 26.0 Å². The summed E-state index contributed by atoms with van der Waals surface area (Å²) in [7, 11) is 0. The van der Waals surface area contributed by atoms with Gasteiger partial charge in [-0.15, -0.1) is 0 Å². The number of fused-ring (bicyclic) bond motifs is 1. The van der Waals surface area contributed by atoms with Gasteiger partial charge in [-0.25, -0.2) is 4.98 Å². The van der Waals surface area contributed by atoms with Crippen molar-refractivity contribution in [2.24, 2.45) is 0 Å². The average molecular weight is 191 g/mol. The molecule has 0 aliphatic carbocycles. The lowest BCUT2D eigenvalue weighted by Gasteiger charge is -1.93. The maximum atomic E-state index is 5.52. The van der Waals surface area contributed by atoms with E-state index in [0.29, 0.717) is 5.92 Å². The predicted octanol–water partition coefficient (Wildman–Crippen LogP) is 3.98. The maximum absolute atomic E-state index is 5.52. The molecule has 2 heteroatoms. The van der Waals surface area contributed by atoms with Crippen LogP contribution in [0.2, 0.25) is 0 Å². The molecule has 0 fully saturated rings. The Labute approximate surface area is 85.0 Å². The molecule has 0 bridgehead atoms. The summed E-state index contributed by atoms with van der Waals surface area (Å²) in [6, 6.07) is 7.82. The standard InChI is InChI=1S/C10H11NO.C2H6/c1-7(2)10-11-8-5-3-4-6-9(8)12-10;1-2/h3-7H,1-2H3;1-2H3. The Hall–Kier alpha value is -1.31.